The average molecular weight is 442 g/mol. The normalized spacial score (nSPS) is 22.3. The van der Waals surface area contributed by atoms with Crippen LogP contribution in [0.2, 0.25) is 5.02 Å². The predicted molar refractivity (Wildman–Crippen MR) is 126 cm³/mol. The monoisotopic (exact) mass is 441 g/mol. The van der Waals surface area contributed by atoms with Crippen LogP contribution in [0.4, 0.5) is 10.5 Å². The first kappa shape index (κ1) is 22.0. The van der Waals surface area contributed by atoms with Gasteiger partial charge in [0.05, 0.1) is 7.11 Å². The fraction of sp³-hybridized carbons (Fsp3) is 0.480. The van der Waals surface area contributed by atoms with E-state index in [1.165, 1.54) is 24.8 Å². The molecule has 0 aromatic heterocycles. The van der Waals surface area contributed by atoms with Crippen molar-refractivity contribution in [3.63, 3.8) is 0 Å². The van der Waals surface area contributed by atoms with Crippen LogP contribution >= 0.6 is 11.6 Å². The van der Waals surface area contributed by atoms with Crippen LogP contribution in [-0.4, -0.2) is 43.2 Å². The third-order valence-electron chi connectivity index (χ3n) is 6.70. The van der Waals surface area contributed by atoms with E-state index >= 15 is 0 Å². The molecule has 1 heterocycles. The minimum atomic E-state index is -0.125. The van der Waals surface area contributed by atoms with Crippen molar-refractivity contribution in [1.29, 1.82) is 0 Å². The molecule has 6 heteroatoms. The fourth-order valence-corrected chi connectivity index (χ4v) is 5.12. The highest BCUT2D eigenvalue weighted by molar-refractivity contribution is 6.30. The Morgan fingerprint density at radius 1 is 1.03 bits per heavy atom. The Bertz CT molecular complexity index is 848. The summed E-state index contributed by atoms with van der Waals surface area (Å²) in [7, 11) is 1.63. The summed E-state index contributed by atoms with van der Waals surface area (Å²) < 4.78 is 5.17. The lowest BCUT2D eigenvalue weighted by atomic mass is 9.89. The van der Waals surface area contributed by atoms with E-state index in [0.29, 0.717) is 6.04 Å². The summed E-state index contributed by atoms with van der Waals surface area (Å²) in [6.45, 7) is 2.22. The lowest BCUT2D eigenvalue weighted by molar-refractivity contribution is 0.119. The SMILES string of the molecule is COc1ccc(NC(=O)NC2CCCC2N2CCC(Cc3ccc(Cl)cc3)CC2)cc1. The highest BCUT2D eigenvalue weighted by Crippen LogP contribution is 2.30. The smallest absolute Gasteiger partial charge is 0.319 e. The lowest BCUT2D eigenvalue weighted by Gasteiger charge is -2.38. The summed E-state index contributed by atoms with van der Waals surface area (Å²) in [4.78, 5) is 15.1. The first-order valence-electron chi connectivity index (χ1n) is 11.3. The molecule has 0 radical (unpaired) electrons. The van der Waals surface area contributed by atoms with Crippen molar-refractivity contribution in [2.45, 2.75) is 50.6 Å². The molecule has 0 spiro atoms. The number of halogens is 1. The number of hydrogen-bond donors (Lipinski definition) is 2. The molecule has 1 aliphatic carbocycles. The van der Waals surface area contributed by atoms with Crippen molar-refractivity contribution in [2.24, 2.45) is 5.92 Å². The number of rotatable bonds is 6. The zero-order valence-electron chi connectivity index (χ0n) is 18.1. The van der Waals surface area contributed by atoms with E-state index in [0.717, 1.165) is 54.7 Å². The molecule has 4 rings (SSSR count). The fourth-order valence-electron chi connectivity index (χ4n) is 5.00. The summed E-state index contributed by atoms with van der Waals surface area (Å²) in [5.74, 6) is 1.50. The number of benzene rings is 2. The Hall–Kier alpha value is -2.24. The van der Waals surface area contributed by atoms with Gasteiger partial charge in [0.15, 0.2) is 0 Å². The first-order valence-corrected chi connectivity index (χ1v) is 11.7. The third kappa shape index (κ3) is 5.92. The van der Waals surface area contributed by atoms with Gasteiger partial charge in [0.2, 0.25) is 0 Å². The second-order valence-electron chi connectivity index (χ2n) is 8.74. The summed E-state index contributed by atoms with van der Waals surface area (Å²) in [5.41, 5.74) is 2.15. The van der Waals surface area contributed by atoms with Crippen LogP contribution in [0.5, 0.6) is 5.75 Å². The largest absolute Gasteiger partial charge is 0.497 e. The van der Waals surface area contributed by atoms with Crippen molar-refractivity contribution in [3.8, 4) is 5.75 Å². The number of likely N-dealkylation sites (tertiary alicyclic amines) is 1. The maximum absolute atomic E-state index is 12.5. The number of nitrogens with zero attached hydrogens (tertiary/aromatic N) is 1. The third-order valence-corrected chi connectivity index (χ3v) is 6.95. The zero-order valence-corrected chi connectivity index (χ0v) is 18.9. The van der Waals surface area contributed by atoms with Gasteiger partial charge in [-0.15, -0.1) is 0 Å². The lowest BCUT2D eigenvalue weighted by Crippen LogP contribution is -2.52. The maximum atomic E-state index is 12.5. The van der Waals surface area contributed by atoms with Crippen LogP contribution in [0.25, 0.3) is 0 Å². The maximum Gasteiger partial charge on any atom is 0.319 e. The molecule has 2 aromatic carbocycles. The van der Waals surface area contributed by atoms with Crippen LogP contribution in [0.15, 0.2) is 48.5 Å². The van der Waals surface area contributed by atoms with E-state index in [1.807, 2.05) is 36.4 Å². The molecule has 5 nitrogen and oxygen atoms in total. The molecule has 2 N–H and O–H groups in total. The van der Waals surface area contributed by atoms with E-state index < -0.39 is 0 Å². The second-order valence-corrected chi connectivity index (χ2v) is 9.18. The van der Waals surface area contributed by atoms with Crippen molar-refractivity contribution in [3.05, 3.63) is 59.1 Å². The highest BCUT2D eigenvalue weighted by Gasteiger charge is 2.35. The summed E-state index contributed by atoms with van der Waals surface area (Å²) in [6.07, 6.45) is 6.93. The van der Waals surface area contributed by atoms with Crippen molar-refractivity contribution >= 4 is 23.3 Å². The number of methoxy groups -OCH3 is 1. The van der Waals surface area contributed by atoms with Gasteiger partial charge in [0.25, 0.3) is 0 Å². The van der Waals surface area contributed by atoms with E-state index in [4.69, 9.17) is 16.3 Å². The van der Waals surface area contributed by atoms with Gasteiger partial charge in [-0.1, -0.05) is 23.7 Å². The molecular weight excluding hydrogens is 410 g/mol. The number of amides is 2. The Morgan fingerprint density at radius 2 is 1.74 bits per heavy atom. The first-order chi connectivity index (χ1) is 15.1. The standard InChI is InChI=1S/C25H32ClN3O2/c1-31-22-11-9-21(10-12-22)27-25(30)28-23-3-2-4-24(23)29-15-13-19(14-16-29)17-18-5-7-20(26)8-6-18/h5-12,19,23-24H,2-4,13-17H2,1H3,(H2,27,28,30). The topological polar surface area (TPSA) is 53.6 Å². The number of piperidine rings is 1. The minimum absolute atomic E-state index is 0.125. The van der Waals surface area contributed by atoms with E-state index in [9.17, 15) is 4.79 Å². The van der Waals surface area contributed by atoms with Gasteiger partial charge < -0.3 is 15.4 Å². The zero-order chi connectivity index (χ0) is 21.6. The number of nitrogens with one attached hydrogen (secondary N) is 2. The molecule has 31 heavy (non-hydrogen) atoms. The number of hydrogen-bond acceptors (Lipinski definition) is 3. The molecule has 1 saturated heterocycles. The molecule has 2 aliphatic rings. The number of carbonyl (C=O) groups is 1. The average Bonchev–Trinajstić information content (AvgIpc) is 3.24. The molecule has 2 unspecified atom stereocenters. The Labute approximate surface area is 190 Å². The summed E-state index contributed by atoms with van der Waals surface area (Å²) >= 11 is 6.01. The Morgan fingerprint density at radius 3 is 2.42 bits per heavy atom. The van der Waals surface area contributed by atoms with E-state index in [2.05, 4.69) is 27.7 Å². The number of urea groups is 1. The van der Waals surface area contributed by atoms with Crippen LogP contribution < -0.4 is 15.4 Å². The van der Waals surface area contributed by atoms with Gasteiger partial charge in [0, 0.05) is 22.8 Å². The highest BCUT2D eigenvalue weighted by atomic mass is 35.5. The van der Waals surface area contributed by atoms with Gasteiger partial charge in [-0.05, 0) is 99.5 Å². The van der Waals surface area contributed by atoms with Crippen molar-refractivity contribution in [2.75, 3.05) is 25.5 Å². The molecule has 2 aromatic rings. The van der Waals surface area contributed by atoms with Gasteiger partial charge in [-0.2, -0.15) is 0 Å². The molecular formula is C25H32ClN3O2. The molecule has 2 amide bonds. The van der Waals surface area contributed by atoms with Gasteiger partial charge >= 0.3 is 6.03 Å². The molecule has 0 bridgehead atoms. The Kier molecular flexibility index (Phi) is 7.36. The second kappa shape index (κ2) is 10.4. The Balaban J connectivity index is 1.25. The quantitative estimate of drug-likeness (QED) is 0.635. The summed E-state index contributed by atoms with van der Waals surface area (Å²) in [6, 6.07) is 16.2. The molecule has 1 aliphatic heterocycles. The molecule has 2 atom stereocenters. The summed E-state index contributed by atoms with van der Waals surface area (Å²) in [5, 5.41) is 6.97. The molecule has 2 fully saturated rings. The number of carbonyl (C=O) groups excluding carboxylic acids is 1. The van der Waals surface area contributed by atoms with Crippen LogP contribution in [0.1, 0.15) is 37.7 Å². The van der Waals surface area contributed by atoms with Gasteiger partial charge in [-0.3, -0.25) is 4.90 Å². The van der Waals surface area contributed by atoms with Crippen LogP contribution in [0, 0.1) is 5.92 Å². The van der Waals surface area contributed by atoms with Crippen molar-refractivity contribution < 1.29 is 9.53 Å². The minimum Gasteiger partial charge on any atom is -0.497 e. The molecule has 1 saturated carbocycles. The van der Waals surface area contributed by atoms with Crippen LogP contribution in [-0.2, 0) is 6.42 Å². The van der Waals surface area contributed by atoms with E-state index in [1.54, 1.807) is 7.11 Å². The molecule has 166 valence electrons. The van der Waals surface area contributed by atoms with E-state index in [-0.39, 0.29) is 12.1 Å². The van der Waals surface area contributed by atoms with Gasteiger partial charge in [0.1, 0.15) is 5.75 Å². The number of anilines is 1. The van der Waals surface area contributed by atoms with Gasteiger partial charge in [-0.25, -0.2) is 4.79 Å². The predicted octanol–water partition coefficient (Wildman–Crippen LogP) is 5.35. The number of ether oxygens (including phenoxy) is 1. The van der Waals surface area contributed by atoms with Crippen molar-refractivity contribution in [1.82, 2.24) is 10.2 Å². The van der Waals surface area contributed by atoms with Crippen LogP contribution in [0.3, 0.4) is 0 Å².